The fraction of sp³-hybridized carbons (Fsp3) is 0.682. The van der Waals surface area contributed by atoms with E-state index in [9.17, 15) is 0 Å². The van der Waals surface area contributed by atoms with E-state index in [0.29, 0.717) is 12.7 Å². The molecule has 0 amide bonds. The van der Waals surface area contributed by atoms with Gasteiger partial charge in [0.05, 0.1) is 12.7 Å². The van der Waals surface area contributed by atoms with Crippen molar-refractivity contribution in [2.24, 2.45) is 4.99 Å². The zero-order chi connectivity index (χ0) is 19.4. The first kappa shape index (κ1) is 21.1. The highest BCUT2D eigenvalue weighted by molar-refractivity contribution is 5.79. The maximum atomic E-state index is 6.04. The molecule has 156 valence electrons. The number of ether oxygens (including phenoxy) is 2. The average Bonchev–Trinajstić information content (AvgIpc) is 2.76. The van der Waals surface area contributed by atoms with Gasteiger partial charge in [0.15, 0.2) is 5.96 Å². The SMILES string of the molecule is CN=C(NCCN1CCCCC1)NCc1cccc(COC2CCOCC2)c1. The number of likely N-dealkylation sites (tertiary alicyclic amines) is 1. The van der Waals surface area contributed by atoms with Crippen LogP contribution in [0.4, 0.5) is 0 Å². The standard InChI is InChI=1S/C22H36N4O2/c1-23-22(24-10-13-26-11-3-2-4-12-26)25-17-19-6-5-7-20(16-19)18-28-21-8-14-27-15-9-21/h5-7,16,21H,2-4,8-15,17-18H2,1H3,(H2,23,24,25). The van der Waals surface area contributed by atoms with Crippen LogP contribution in [0.25, 0.3) is 0 Å². The van der Waals surface area contributed by atoms with Gasteiger partial charge < -0.3 is 25.0 Å². The van der Waals surface area contributed by atoms with E-state index in [2.05, 4.69) is 44.8 Å². The molecule has 0 unspecified atom stereocenters. The number of nitrogens with one attached hydrogen (secondary N) is 2. The van der Waals surface area contributed by atoms with Crippen LogP contribution in [0.3, 0.4) is 0 Å². The Kier molecular flexibility index (Phi) is 9.07. The topological polar surface area (TPSA) is 58.1 Å². The summed E-state index contributed by atoms with van der Waals surface area (Å²) in [4.78, 5) is 6.88. The zero-order valence-corrected chi connectivity index (χ0v) is 17.3. The quantitative estimate of drug-likeness (QED) is 0.529. The Morgan fingerprint density at radius 1 is 1.14 bits per heavy atom. The summed E-state index contributed by atoms with van der Waals surface area (Å²) in [6, 6.07) is 8.60. The predicted molar refractivity (Wildman–Crippen MR) is 114 cm³/mol. The van der Waals surface area contributed by atoms with Gasteiger partial charge in [0.25, 0.3) is 0 Å². The molecule has 0 aliphatic carbocycles. The summed E-state index contributed by atoms with van der Waals surface area (Å²) in [6.07, 6.45) is 6.38. The third-order valence-electron chi connectivity index (χ3n) is 5.50. The molecular weight excluding hydrogens is 352 g/mol. The summed E-state index contributed by atoms with van der Waals surface area (Å²) in [5.74, 6) is 0.862. The summed E-state index contributed by atoms with van der Waals surface area (Å²) >= 11 is 0. The Labute approximate surface area is 169 Å². The van der Waals surface area contributed by atoms with Crippen LogP contribution in [0.5, 0.6) is 0 Å². The van der Waals surface area contributed by atoms with Crippen LogP contribution in [-0.2, 0) is 22.6 Å². The van der Waals surface area contributed by atoms with Crippen LogP contribution in [0.15, 0.2) is 29.3 Å². The molecule has 2 heterocycles. The van der Waals surface area contributed by atoms with Crippen molar-refractivity contribution < 1.29 is 9.47 Å². The molecular formula is C22H36N4O2. The molecule has 1 aromatic carbocycles. The highest BCUT2D eigenvalue weighted by Crippen LogP contribution is 2.14. The minimum Gasteiger partial charge on any atom is -0.381 e. The molecule has 2 N–H and O–H groups in total. The van der Waals surface area contributed by atoms with E-state index in [-0.39, 0.29) is 0 Å². The Hall–Kier alpha value is -1.63. The lowest BCUT2D eigenvalue weighted by molar-refractivity contribution is -0.0390. The van der Waals surface area contributed by atoms with Crippen LogP contribution in [-0.4, -0.2) is 63.4 Å². The van der Waals surface area contributed by atoms with Gasteiger partial charge in [-0.15, -0.1) is 0 Å². The van der Waals surface area contributed by atoms with Crippen LogP contribution in [0.2, 0.25) is 0 Å². The Morgan fingerprint density at radius 2 is 1.93 bits per heavy atom. The van der Waals surface area contributed by atoms with E-state index < -0.39 is 0 Å². The van der Waals surface area contributed by atoms with Gasteiger partial charge in [-0.1, -0.05) is 30.7 Å². The number of rotatable bonds is 8. The molecule has 0 aromatic heterocycles. The predicted octanol–water partition coefficient (Wildman–Crippen LogP) is 2.53. The number of aliphatic imine (C=N–C) groups is 1. The van der Waals surface area contributed by atoms with Gasteiger partial charge in [0.2, 0.25) is 0 Å². The molecule has 2 saturated heterocycles. The fourth-order valence-corrected chi connectivity index (χ4v) is 3.81. The lowest BCUT2D eigenvalue weighted by Crippen LogP contribution is -2.42. The maximum Gasteiger partial charge on any atom is 0.191 e. The third-order valence-corrected chi connectivity index (χ3v) is 5.50. The van der Waals surface area contributed by atoms with Crippen molar-refractivity contribution in [3.63, 3.8) is 0 Å². The number of benzene rings is 1. The molecule has 1 aromatic rings. The number of nitrogens with zero attached hydrogens (tertiary/aromatic N) is 2. The third kappa shape index (κ3) is 7.41. The van der Waals surface area contributed by atoms with Crippen LogP contribution >= 0.6 is 0 Å². The molecule has 0 saturated carbocycles. The van der Waals surface area contributed by atoms with Gasteiger partial charge >= 0.3 is 0 Å². The Bertz CT molecular complexity index is 596. The number of hydrogen-bond donors (Lipinski definition) is 2. The summed E-state index contributed by atoms with van der Waals surface area (Å²) in [5, 5.41) is 6.85. The molecule has 3 rings (SSSR count). The first-order valence-corrected chi connectivity index (χ1v) is 10.8. The second-order valence-electron chi connectivity index (χ2n) is 7.70. The van der Waals surface area contributed by atoms with E-state index in [1.807, 2.05) is 7.05 Å². The molecule has 2 aliphatic heterocycles. The lowest BCUT2D eigenvalue weighted by atomic mass is 10.1. The van der Waals surface area contributed by atoms with Crippen molar-refractivity contribution in [1.29, 1.82) is 0 Å². The normalized spacial score (nSPS) is 19.5. The van der Waals surface area contributed by atoms with E-state index in [4.69, 9.17) is 9.47 Å². The van der Waals surface area contributed by atoms with Gasteiger partial charge in [0.1, 0.15) is 0 Å². The van der Waals surface area contributed by atoms with Crippen molar-refractivity contribution in [1.82, 2.24) is 15.5 Å². The highest BCUT2D eigenvalue weighted by Gasteiger charge is 2.14. The van der Waals surface area contributed by atoms with Crippen molar-refractivity contribution in [3.8, 4) is 0 Å². The zero-order valence-electron chi connectivity index (χ0n) is 17.3. The molecule has 6 nitrogen and oxygen atoms in total. The lowest BCUT2D eigenvalue weighted by Gasteiger charge is -2.26. The van der Waals surface area contributed by atoms with Gasteiger partial charge in [-0.05, 0) is 49.9 Å². The molecule has 0 atom stereocenters. The Morgan fingerprint density at radius 3 is 2.71 bits per heavy atom. The number of hydrogen-bond acceptors (Lipinski definition) is 4. The van der Waals surface area contributed by atoms with E-state index in [1.165, 1.54) is 43.5 Å². The molecule has 28 heavy (non-hydrogen) atoms. The first-order chi connectivity index (χ1) is 13.8. The minimum absolute atomic E-state index is 0.332. The van der Waals surface area contributed by atoms with E-state index >= 15 is 0 Å². The van der Waals surface area contributed by atoms with Crippen molar-refractivity contribution in [2.45, 2.75) is 51.4 Å². The molecule has 2 aliphatic rings. The molecule has 6 heteroatoms. The summed E-state index contributed by atoms with van der Waals surface area (Å²) in [7, 11) is 1.83. The van der Waals surface area contributed by atoms with Crippen molar-refractivity contribution in [3.05, 3.63) is 35.4 Å². The van der Waals surface area contributed by atoms with Crippen LogP contribution < -0.4 is 10.6 Å². The summed E-state index contributed by atoms with van der Waals surface area (Å²) in [6.45, 7) is 7.54. The minimum atomic E-state index is 0.332. The number of guanidine groups is 1. The van der Waals surface area contributed by atoms with Gasteiger partial charge in [0, 0.05) is 39.9 Å². The smallest absolute Gasteiger partial charge is 0.191 e. The summed E-state index contributed by atoms with van der Waals surface area (Å²) < 4.78 is 11.4. The molecule has 0 bridgehead atoms. The second-order valence-corrected chi connectivity index (χ2v) is 7.70. The molecule has 0 spiro atoms. The molecule has 2 fully saturated rings. The van der Waals surface area contributed by atoms with Gasteiger partial charge in [-0.25, -0.2) is 0 Å². The largest absolute Gasteiger partial charge is 0.381 e. The molecule has 0 radical (unpaired) electrons. The van der Waals surface area contributed by atoms with E-state index in [0.717, 1.165) is 51.6 Å². The van der Waals surface area contributed by atoms with Crippen LogP contribution in [0, 0.1) is 0 Å². The van der Waals surface area contributed by atoms with Crippen LogP contribution in [0.1, 0.15) is 43.2 Å². The second kappa shape index (κ2) is 12.0. The van der Waals surface area contributed by atoms with E-state index in [1.54, 1.807) is 0 Å². The van der Waals surface area contributed by atoms with Gasteiger partial charge in [-0.2, -0.15) is 0 Å². The first-order valence-electron chi connectivity index (χ1n) is 10.8. The monoisotopic (exact) mass is 388 g/mol. The van der Waals surface area contributed by atoms with Crippen molar-refractivity contribution in [2.75, 3.05) is 46.4 Å². The average molecular weight is 389 g/mol. The summed E-state index contributed by atoms with van der Waals surface area (Å²) in [5.41, 5.74) is 2.46. The highest BCUT2D eigenvalue weighted by atomic mass is 16.5. The van der Waals surface area contributed by atoms with Gasteiger partial charge in [-0.3, -0.25) is 4.99 Å². The fourth-order valence-electron chi connectivity index (χ4n) is 3.81. The number of piperidine rings is 1. The Balaban J connectivity index is 1.37. The van der Waals surface area contributed by atoms with Crippen molar-refractivity contribution >= 4 is 5.96 Å². The maximum absolute atomic E-state index is 6.04.